The summed E-state index contributed by atoms with van der Waals surface area (Å²) in [4.78, 5) is 12.1. The minimum Gasteiger partial charge on any atom is -0.618 e. The van der Waals surface area contributed by atoms with E-state index < -0.39 is 0 Å². The van der Waals surface area contributed by atoms with Crippen LogP contribution in [-0.2, 0) is 0 Å². The van der Waals surface area contributed by atoms with E-state index in [4.69, 9.17) is 0 Å². The zero-order valence-electron chi connectivity index (χ0n) is 8.73. The van der Waals surface area contributed by atoms with Gasteiger partial charge in [0.2, 0.25) is 11.5 Å². The Hall–Kier alpha value is -2.16. The molecule has 0 unspecified atom stereocenters. The second-order valence-electron chi connectivity index (χ2n) is 3.92. The number of hydrogen-bond acceptors (Lipinski definition) is 2. The van der Waals surface area contributed by atoms with Gasteiger partial charge in [0.25, 0.3) is 0 Å². The summed E-state index contributed by atoms with van der Waals surface area (Å²) in [5, 5.41) is 11.7. The molecule has 0 spiro atoms. The Bertz CT molecular complexity index is 617. The van der Waals surface area contributed by atoms with Gasteiger partial charge >= 0.3 is 0 Å². The largest absolute Gasteiger partial charge is 0.618 e. The average Bonchev–Trinajstić information content (AvgIpc) is 2.60. The molecule has 78 valence electrons. The first-order valence-corrected chi connectivity index (χ1v) is 5.07. The van der Waals surface area contributed by atoms with Crippen molar-refractivity contribution in [3.05, 3.63) is 58.4 Å². The molecule has 0 bridgehead atoms. The third kappa shape index (κ3) is 0.972. The molecule has 0 saturated carbocycles. The topological polar surface area (TPSA) is 44.0 Å². The average molecular weight is 211 g/mol. The number of rotatable bonds is 0. The van der Waals surface area contributed by atoms with Crippen molar-refractivity contribution in [1.29, 1.82) is 0 Å². The van der Waals surface area contributed by atoms with Crippen molar-refractivity contribution in [3.8, 4) is 11.3 Å². The van der Waals surface area contributed by atoms with Crippen LogP contribution >= 0.6 is 0 Å². The summed E-state index contributed by atoms with van der Waals surface area (Å²) in [7, 11) is 0. The molecule has 3 nitrogen and oxygen atoms in total. The molecule has 1 aliphatic rings. The molecule has 2 aromatic rings. The third-order valence-corrected chi connectivity index (χ3v) is 2.97. The fourth-order valence-electron chi connectivity index (χ4n) is 2.20. The van der Waals surface area contributed by atoms with Gasteiger partial charge in [-0.1, -0.05) is 18.2 Å². The number of aromatic nitrogens is 1. The highest BCUT2D eigenvalue weighted by Crippen LogP contribution is 2.34. The van der Waals surface area contributed by atoms with Crippen LogP contribution < -0.4 is 4.73 Å². The smallest absolute Gasteiger partial charge is 0.236 e. The van der Waals surface area contributed by atoms with Crippen LogP contribution in [-0.4, -0.2) is 5.78 Å². The maximum atomic E-state index is 12.1. The monoisotopic (exact) mass is 211 g/mol. The fraction of sp³-hybridized carbons (Fsp3) is 0.0769. The normalized spacial score (nSPS) is 12.4. The number of nitrogens with zero attached hydrogens (tertiary/aromatic N) is 1. The maximum Gasteiger partial charge on any atom is 0.236 e. The molecule has 16 heavy (non-hydrogen) atoms. The van der Waals surface area contributed by atoms with Crippen LogP contribution in [0.4, 0.5) is 0 Å². The van der Waals surface area contributed by atoms with Crippen molar-refractivity contribution in [2.24, 2.45) is 0 Å². The van der Waals surface area contributed by atoms with E-state index in [0.29, 0.717) is 16.8 Å². The van der Waals surface area contributed by atoms with Crippen molar-refractivity contribution < 1.29 is 9.52 Å². The van der Waals surface area contributed by atoms with Crippen LogP contribution in [0, 0.1) is 12.1 Å². The molecule has 1 aliphatic carbocycles. The molecule has 3 rings (SSSR count). The fourth-order valence-corrected chi connectivity index (χ4v) is 2.20. The van der Waals surface area contributed by atoms with Crippen LogP contribution in [0.1, 0.15) is 21.5 Å². The Labute approximate surface area is 92.6 Å². The minimum absolute atomic E-state index is 0.0479. The van der Waals surface area contributed by atoms with Crippen molar-refractivity contribution in [2.75, 3.05) is 0 Å². The van der Waals surface area contributed by atoms with Crippen LogP contribution in [0.25, 0.3) is 11.3 Å². The molecule has 0 atom stereocenters. The van der Waals surface area contributed by atoms with Gasteiger partial charge in [-0.3, -0.25) is 4.79 Å². The lowest BCUT2D eigenvalue weighted by Crippen LogP contribution is -2.29. The first-order valence-electron chi connectivity index (χ1n) is 5.07. The lowest BCUT2D eigenvalue weighted by atomic mass is 10.1. The summed E-state index contributed by atoms with van der Waals surface area (Å²) < 4.78 is 0.770. The van der Waals surface area contributed by atoms with E-state index in [1.165, 1.54) is 6.20 Å². The van der Waals surface area contributed by atoms with E-state index in [2.05, 4.69) is 0 Å². The van der Waals surface area contributed by atoms with Gasteiger partial charge in [-0.15, -0.1) is 0 Å². The van der Waals surface area contributed by atoms with E-state index in [1.54, 1.807) is 12.1 Å². The maximum absolute atomic E-state index is 12.1. The summed E-state index contributed by atoms with van der Waals surface area (Å²) in [6, 6.07) is 8.90. The minimum atomic E-state index is -0.0479. The molecule has 0 N–H and O–H groups in total. The predicted molar refractivity (Wildman–Crippen MR) is 59.0 cm³/mol. The molecule has 0 saturated heterocycles. The third-order valence-electron chi connectivity index (χ3n) is 2.97. The van der Waals surface area contributed by atoms with Crippen molar-refractivity contribution in [1.82, 2.24) is 0 Å². The molecule has 0 fully saturated rings. The number of ketones is 1. The molecular formula is C13H9NO2. The molecule has 0 amide bonds. The van der Waals surface area contributed by atoms with Gasteiger partial charge in [0.05, 0.1) is 11.1 Å². The number of aryl methyl sites for hydroxylation is 1. The number of hydrogen-bond donors (Lipinski definition) is 0. The molecule has 1 heterocycles. The van der Waals surface area contributed by atoms with E-state index >= 15 is 0 Å². The van der Waals surface area contributed by atoms with Gasteiger partial charge in [0, 0.05) is 11.6 Å². The molecular weight excluding hydrogens is 202 g/mol. The first kappa shape index (κ1) is 9.09. The predicted octanol–water partition coefficient (Wildman–Crippen LogP) is 1.84. The Morgan fingerprint density at radius 2 is 1.81 bits per heavy atom. The zero-order chi connectivity index (χ0) is 11.3. The van der Waals surface area contributed by atoms with Crippen LogP contribution in [0.3, 0.4) is 0 Å². The molecule has 3 heteroatoms. The van der Waals surface area contributed by atoms with Crippen LogP contribution in [0.15, 0.2) is 36.5 Å². The van der Waals surface area contributed by atoms with Crippen molar-refractivity contribution in [2.45, 2.75) is 6.92 Å². The number of pyridine rings is 1. The van der Waals surface area contributed by atoms with Crippen LogP contribution in [0.2, 0.25) is 0 Å². The zero-order valence-corrected chi connectivity index (χ0v) is 8.73. The Kier molecular flexibility index (Phi) is 1.66. The van der Waals surface area contributed by atoms with E-state index in [-0.39, 0.29) is 5.78 Å². The number of carbonyl (C=O) groups is 1. The Morgan fingerprint density at radius 3 is 2.56 bits per heavy atom. The van der Waals surface area contributed by atoms with Crippen molar-refractivity contribution >= 4 is 5.78 Å². The SMILES string of the molecule is Cc1cc[n+]([O-])c2c1C(=O)c1ccccc1-2. The molecule has 0 radical (unpaired) electrons. The Morgan fingerprint density at radius 1 is 1.12 bits per heavy atom. The van der Waals surface area contributed by atoms with Gasteiger partial charge in [-0.05, 0) is 18.6 Å². The van der Waals surface area contributed by atoms with Crippen molar-refractivity contribution in [3.63, 3.8) is 0 Å². The van der Waals surface area contributed by atoms with Gasteiger partial charge in [0.15, 0.2) is 6.20 Å². The molecule has 1 aromatic heterocycles. The van der Waals surface area contributed by atoms with Crippen LogP contribution in [0.5, 0.6) is 0 Å². The summed E-state index contributed by atoms with van der Waals surface area (Å²) in [5.74, 6) is -0.0479. The first-order chi connectivity index (χ1) is 7.70. The summed E-state index contributed by atoms with van der Waals surface area (Å²) >= 11 is 0. The number of fused-ring (bicyclic) bond motifs is 3. The van der Waals surface area contributed by atoms with Gasteiger partial charge < -0.3 is 5.21 Å². The van der Waals surface area contributed by atoms with E-state index in [1.807, 2.05) is 25.1 Å². The highest BCUT2D eigenvalue weighted by Gasteiger charge is 2.34. The Balaban J connectivity index is 2.47. The van der Waals surface area contributed by atoms with Gasteiger partial charge in [-0.25, -0.2) is 0 Å². The summed E-state index contributed by atoms with van der Waals surface area (Å²) in [6.45, 7) is 1.85. The number of carbonyl (C=O) groups excluding carboxylic acids is 1. The number of benzene rings is 1. The van der Waals surface area contributed by atoms with Gasteiger partial charge in [0.1, 0.15) is 0 Å². The lowest BCUT2D eigenvalue weighted by Gasteiger charge is -2.04. The summed E-state index contributed by atoms with van der Waals surface area (Å²) in [6.07, 6.45) is 1.45. The standard InChI is InChI=1S/C13H9NO2/c1-8-6-7-14(16)12-9-4-2-3-5-10(9)13(15)11(8)12/h2-7H,1H3. The molecule has 1 aromatic carbocycles. The van der Waals surface area contributed by atoms with Gasteiger partial charge in [-0.2, -0.15) is 4.73 Å². The second kappa shape index (κ2) is 2.92. The lowest BCUT2D eigenvalue weighted by molar-refractivity contribution is -0.593. The van der Waals surface area contributed by atoms with E-state index in [9.17, 15) is 10.0 Å². The highest BCUT2D eigenvalue weighted by molar-refractivity contribution is 6.21. The van der Waals surface area contributed by atoms with E-state index in [0.717, 1.165) is 15.9 Å². The summed E-state index contributed by atoms with van der Waals surface area (Å²) in [5.41, 5.74) is 3.24. The molecule has 0 aliphatic heterocycles. The quantitative estimate of drug-likeness (QED) is 0.420. The highest BCUT2D eigenvalue weighted by atomic mass is 16.5. The second-order valence-corrected chi connectivity index (χ2v) is 3.92.